The highest BCUT2D eigenvalue weighted by atomic mass is 16.6. The summed E-state index contributed by atoms with van der Waals surface area (Å²) >= 11 is 0. The maximum atomic E-state index is 12.6. The van der Waals surface area contributed by atoms with Crippen molar-refractivity contribution in [2.45, 2.75) is 39.5 Å². The molecule has 1 aliphatic heterocycles. The molecule has 0 atom stereocenters. The minimum absolute atomic E-state index is 0.264. The summed E-state index contributed by atoms with van der Waals surface area (Å²) in [6.07, 6.45) is 7.43. The number of piperazine rings is 1. The molecular formula is C28H34N4O2. The lowest BCUT2D eigenvalue weighted by atomic mass is 10.1. The van der Waals surface area contributed by atoms with E-state index in [0.717, 1.165) is 56.7 Å². The van der Waals surface area contributed by atoms with E-state index in [-0.39, 0.29) is 6.09 Å². The SMILES string of the molecule is Cc1ccc(CCCN2CCN(C(=O)Oc3ccc(CCc4ccc(C)cn4)cc3)CC2)nc1. The van der Waals surface area contributed by atoms with Gasteiger partial charge in [-0.15, -0.1) is 0 Å². The van der Waals surface area contributed by atoms with Crippen LogP contribution < -0.4 is 4.74 Å². The van der Waals surface area contributed by atoms with E-state index < -0.39 is 0 Å². The molecule has 0 spiro atoms. The van der Waals surface area contributed by atoms with Crippen molar-refractivity contribution < 1.29 is 9.53 Å². The monoisotopic (exact) mass is 458 g/mol. The zero-order valence-corrected chi connectivity index (χ0v) is 20.2. The molecule has 1 saturated heterocycles. The van der Waals surface area contributed by atoms with Gasteiger partial charge in [0.05, 0.1) is 0 Å². The van der Waals surface area contributed by atoms with E-state index in [0.29, 0.717) is 18.8 Å². The van der Waals surface area contributed by atoms with Crippen LogP contribution in [0.1, 0.15) is 34.5 Å². The van der Waals surface area contributed by atoms with Crippen molar-refractivity contribution in [3.63, 3.8) is 0 Å². The van der Waals surface area contributed by atoms with Gasteiger partial charge in [-0.3, -0.25) is 14.9 Å². The lowest BCUT2D eigenvalue weighted by Gasteiger charge is -2.34. The molecule has 2 aromatic heterocycles. The Morgan fingerprint density at radius 2 is 1.41 bits per heavy atom. The number of ether oxygens (including phenoxy) is 1. The van der Waals surface area contributed by atoms with E-state index in [2.05, 4.69) is 46.1 Å². The van der Waals surface area contributed by atoms with Crippen molar-refractivity contribution in [2.24, 2.45) is 0 Å². The van der Waals surface area contributed by atoms with E-state index in [1.54, 1.807) is 4.90 Å². The van der Waals surface area contributed by atoms with Crippen molar-refractivity contribution in [1.29, 1.82) is 0 Å². The molecule has 6 nitrogen and oxygen atoms in total. The maximum Gasteiger partial charge on any atom is 0.415 e. The van der Waals surface area contributed by atoms with Gasteiger partial charge in [0, 0.05) is 50.0 Å². The average molecular weight is 459 g/mol. The van der Waals surface area contributed by atoms with Gasteiger partial charge in [0.2, 0.25) is 0 Å². The first-order valence-corrected chi connectivity index (χ1v) is 12.2. The number of carbonyl (C=O) groups excluding carboxylic acids is 1. The Hall–Kier alpha value is -3.25. The summed E-state index contributed by atoms with van der Waals surface area (Å²) in [7, 11) is 0. The van der Waals surface area contributed by atoms with E-state index in [4.69, 9.17) is 4.74 Å². The molecule has 178 valence electrons. The van der Waals surface area contributed by atoms with Crippen molar-refractivity contribution >= 4 is 6.09 Å². The summed E-state index contributed by atoms with van der Waals surface area (Å²) in [6.45, 7) is 8.28. The second kappa shape index (κ2) is 11.7. The van der Waals surface area contributed by atoms with Crippen molar-refractivity contribution in [2.75, 3.05) is 32.7 Å². The quantitative estimate of drug-likeness (QED) is 0.493. The fourth-order valence-corrected chi connectivity index (χ4v) is 4.09. The van der Waals surface area contributed by atoms with Crippen LogP contribution in [0.15, 0.2) is 60.9 Å². The molecule has 0 radical (unpaired) electrons. The molecule has 0 bridgehead atoms. The Bertz CT molecular complexity index is 1040. The van der Waals surface area contributed by atoms with Gasteiger partial charge in [0.25, 0.3) is 0 Å². The van der Waals surface area contributed by atoms with E-state index in [9.17, 15) is 4.79 Å². The number of hydrogen-bond donors (Lipinski definition) is 0. The number of hydrogen-bond acceptors (Lipinski definition) is 5. The standard InChI is InChI=1S/C28H34N4O2/c1-22-5-10-25(29-20-22)4-3-15-31-16-18-32(19-17-31)28(33)34-27-13-8-24(9-14-27)7-12-26-11-6-23(2)21-30-26/h5-6,8-11,13-14,20-21H,3-4,7,12,15-19H2,1-2H3. The number of amides is 1. The molecular weight excluding hydrogens is 424 g/mol. The van der Waals surface area contributed by atoms with Crippen LogP contribution in [0.4, 0.5) is 4.79 Å². The summed E-state index contributed by atoms with van der Waals surface area (Å²) in [4.78, 5) is 25.7. The van der Waals surface area contributed by atoms with Gasteiger partial charge in [0.1, 0.15) is 5.75 Å². The van der Waals surface area contributed by atoms with Crippen LogP contribution >= 0.6 is 0 Å². The molecule has 0 aliphatic carbocycles. The Morgan fingerprint density at radius 3 is 2.00 bits per heavy atom. The summed E-state index contributed by atoms with van der Waals surface area (Å²) in [5.74, 6) is 0.593. The van der Waals surface area contributed by atoms with Gasteiger partial charge in [-0.2, -0.15) is 0 Å². The molecule has 1 fully saturated rings. The fourth-order valence-electron chi connectivity index (χ4n) is 4.09. The lowest BCUT2D eigenvalue weighted by Crippen LogP contribution is -2.49. The van der Waals surface area contributed by atoms with Gasteiger partial charge in [-0.05, 0) is 87.0 Å². The van der Waals surface area contributed by atoms with Crippen LogP contribution in [0.3, 0.4) is 0 Å². The highest BCUT2D eigenvalue weighted by Crippen LogP contribution is 2.16. The van der Waals surface area contributed by atoms with Crippen molar-refractivity contribution in [1.82, 2.24) is 19.8 Å². The number of pyridine rings is 2. The van der Waals surface area contributed by atoms with Crippen molar-refractivity contribution in [3.8, 4) is 5.75 Å². The second-order valence-corrected chi connectivity index (χ2v) is 9.10. The zero-order chi connectivity index (χ0) is 23.8. The molecule has 0 unspecified atom stereocenters. The molecule has 4 rings (SSSR count). The van der Waals surface area contributed by atoms with E-state index in [1.807, 2.05) is 43.6 Å². The highest BCUT2D eigenvalue weighted by molar-refractivity contribution is 5.70. The molecule has 34 heavy (non-hydrogen) atoms. The first-order chi connectivity index (χ1) is 16.5. The van der Waals surface area contributed by atoms with Crippen molar-refractivity contribution in [3.05, 3.63) is 89.0 Å². The average Bonchev–Trinajstić information content (AvgIpc) is 2.86. The van der Waals surface area contributed by atoms with Crippen LogP contribution in [0.5, 0.6) is 5.75 Å². The van der Waals surface area contributed by atoms with E-state index >= 15 is 0 Å². The summed E-state index contributed by atoms with van der Waals surface area (Å²) in [6, 6.07) is 16.2. The molecule has 3 heterocycles. The fraction of sp³-hybridized carbons (Fsp3) is 0.393. The first kappa shape index (κ1) is 23.9. The van der Waals surface area contributed by atoms with Crippen LogP contribution in [0, 0.1) is 13.8 Å². The van der Waals surface area contributed by atoms with Crippen LogP contribution in [-0.4, -0.2) is 58.6 Å². The Balaban J connectivity index is 1.15. The number of carbonyl (C=O) groups is 1. The third-order valence-electron chi connectivity index (χ3n) is 6.28. The van der Waals surface area contributed by atoms with Gasteiger partial charge in [-0.1, -0.05) is 24.3 Å². The second-order valence-electron chi connectivity index (χ2n) is 9.10. The smallest absolute Gasteiger partial charge is 0.410 e. The first-order valence-electron chi connectivity index (χ1n) is 12.2. The predicted octanol–water partition coefficient (Wildman–Crippen LogP) is 4.63. The Labute approximate surface area is 202 Å². The normalized spacial score (nSPS) is 14.2. The third kappa shape index (κ3) is 7.12. The molecule has 1 aliphatic rings. The minimum Gasteiger partial charge on any atom is -0.410 e. The topological polar surface area (TPSA) is 58.6 Å². The van der Waals surface area contributed by atoms with Crippen LogP contribution in [0.2, 0.25) is 0 Å². The largest absolute Gasteiger partial charge is 0.415 e. The molecule has 6 heteroatoms. The molecule has 0 saturated carbocycles. The van der Waals surface area contributed by atoms with Crippen LogP contribution in [0.25, 0.3) is 0 Å². The molecule has 3 aromatic rings. The molecule has 0 N–H and O–H groups in total. The van der Waals surface area contributed by atoms with Gasteiger partial charge in [-0.25, -0.2) is 4.79 Å². The number of nitrogens with zero attached hydrogens (tertiary/aromatic N) is 4. The highest BCUT2D eigenvalue weighted by Gasteiger charge is 2.22. The number of benzene rings is 1. The number of aromatic nitrogens is 2. The van der Waals surface area contributed by atoms with Gasteiger partial charge in [0.15, 0.2) is 0 Å². The van der Waals surface area contributed by atoms with Crippen LogP contribution in [-0.2, 0) is 19.3 Å². The minimum atomic E-state index is -0.264. The molecule has 1 aromatic carbocycles. The van der Waals surface area contributed by atoms with Gasteiger partial charge >= 0.3 is 6.09 Å². The Morgan fingerprint density at radius 1 is 0.794 bits per heavy atom. The number of rotatable bonds is 8. The maximum absolute atomic E-state index is 12.6. The summed E-state index contributed by atoms with van der Waals surface area (Å²) in [5, 5.41) is 0. The van der Waals surface area contributed by atoms with Gasteiger partial charge < -0.3 is 9.64 Å². The number of aryl methyl sites for hydroxylation is 5. The zero-order valence-electron chi connectivity index (χ0n) is 20.2. The summed E-state index contributed by atoms with van der Waals surface area (Å²) < 4.78 is 5.62. The Kier molecular flexibility index (Phi) is 8.26. The molecule has 1 amide bonds. The van der Waals surface area contributed by atoms with E-state index in [1.165, 1.54) is 16.7 Å². The predicted molar refractivity (Wildman–Crippen MR) is 134 cm³/mol. The summed E-state index contributed by atoms with van der Waals surface area (Å²) in [5.41, 5.74) is 5.81. The lowest BCUT2D eigenvalue weighted by molar-refractivity contribution is 0.110. The third-order valence-corrected chi connectivity index (χ3v) is 6.28.